The third kappa shape index (κ3) is 53.6. The maximum Gasteiger partial charge on any atom is 0.306 e. The van der Waals surface area contributed by atoms with Gasteiger partial charge >= 0.3 is 17.9 Å². The molecular formula is C61H118O6. The van der Waals surface area contributed by atoms with Crippen molar-refractivity contribution >= 4 is 17.9 Å². The summed E-state index contributed by atoms with van der Waals surface area (Å²) in [4.78, 5) is 38.2. The molecule has 0 N–H and O–H groups in total. The van der Waals surface area contributed by atoms with Crippen molar-refractivity contribution in [3.05, 3.63) is 0 Å². The van der Waals surface area contributed by atoms with E-state index in [4.69, 9.17) is 14.2 Å². The minimum absolute atomic E-state index is 0.0634. The lowest BCUT2D eigenvalue weighted by molar-refractivity contribution is -0.167. The van der Waals surface area contributed by atoms with E-state index in [0.717, 1.165) is 75.5 Å². The summed E-state index contributed by atoms with van der Waals surface area (Å²) >= 11 is 0. The number of carbonyl (C=O) groups excluding carboxylic acids is 3. The van der Waals surface area contributed by atoms with E-state index in [2.05, 4.69) is 41.5 Å². The lowest BCUT2D eigenvalue weighted by Crippen LogP contribution is -2.30. The number of unbranched alkanes of at least 4 members (excludes halogenated alkanes) is 36. The van der Waals surface area contributed by atoms with Crippen molar-refractivity contribution in [3.63, 3.8) is 0 Å². The Kier molecular flexibility index (Phi) is 51.0. The Morgan fingerprint density at radius 1 is 0.299 bits per heavy atom. The van der Waals surface area contributed by atoms with Gasteiger partial charge in [-0.05, 0) is 37.0 Å². The molecule has 0 amide bonds. The first kappa shape index (κ1) is 65.4. The maximum absolute atomic E-state index is 12.9. The average Bonchev–Trinajstić information content (AvgIpc) is 3.30. The van der Waals surface area contributed by atoms with Gasteiger partial charge in [-0.3, -0.25) is 14.4 Å². The third-order valence-corrected chi connectivity index (χ3v) is 14.3. The number of esters is 3. The summed E-state index contributed by atoms with van der Waals surface area (Å²) in [6.45, 7) is 13.8. The summed E-state index contributed by atoms with van der Waals surface area (Å²) in [7, 11) is 0. The predicted molar refractivity (Wildman–Crippen MR) is 289 cm³/mol. The van der Waals surface area contributed by atoms with Gasteiger partial charge in [-0.15, -0.1) is 0 Å². The highest BCUT2D eigenvalue weighted by Gasteiger charge is 2.19. The molecule has 0 radical (unpaired) electrons. The van der Waals surface area contributed by atoms with E-state index in [9.17, 15) is 14.4 Å². The minimum Gasteiger partial charge on any atom is -0.462 e. The Bertz CT molecular complexity index is 1040. The molecule has 0 aliphatic heterocycles. The second-order valence-electron chi connectivity index (χ2n) is 22.2. The van der Waals surface area contributed by atoms with Gasteiger partial charge in [0.2, 0.25) is 0 Å². The van der Waals surface area contributed by atoms with Crippen LogP contribution in [0.25, 0.3) is 0 Å². The van der Waals surface area contributed by atoms with E-state index in [1.54, 1.807) is 0 Å². The van der Waals surface area contributed by atoms with Crippen LogP contribution < -0.4 is 0 Å². The summed E-state index contributed by atoms with van der Waals surface area (Å²) in [6, 6.07) is 0. The average molecular weight is 948 g/mol. The molecule has 398 valence electrons. The van der Waals surface area contributed by atoms with Crippen LogP contribution in [0.2, 0.25) is 0 Å². The smallest absolute Gasteiger partial charge is 0.306 e. The molecular weight excluding hydrogens is 829 g/mol. The second kappa shape index (κ2) is 52.2. The van der Waals surface area contributed by atoms with Gasteiger partial charge in [0.05, 0.1) is 0 Å². The van der Waals surface area contributed by atoms with Crippen LogP contribution >= 0.6 is 0 Å². The van der Waals surface area contributed by atoms with Crippen LogP contribution in [0.3, 0.4) is 0 Å². The van der Waals surface area contributed by atoms with Crippen molar-refractivity contribution in [2.75, 3.05) is 13.2 Å². The van der Waals surface area contributed by atoms with Crippen molar-refractivity contribution in [2.24, 2.45) is 17.8 Å². The van der Waals surface area contributed by atoms with Gasteiger partial charge in [-0.1, -0.05) is 298 Å². The standard InChI is InChI=1S/C61H118O6/c1-7-57(6)49-43-37-31-25-21-22-28-34-40-46-52-61(64)67-58(54-66-60(63)51-45-39-33-27-20-16-18-24-30-36-42-48-56(4)5)53-65-59(62)50-44-38-32-26-19-15-13-11-9-8-10-12-14-17-23-29-35-41-47-55(2)3/h55-58H,7-54H2,1-6H3/t57?,58-/m1/s1. The minimum atomic E-state index is -0.764. The van der Waals surface area contributed by atoms with Crippen molar-refractivity contribution in [1.29, 1.82) is 0 Å². The van der Waals surface area contributed by atoms with Crippen LogP contribution in [0.5, 0.6) is 0 Å². The van der Waals surface area contributed by atoms with Gasteiger partial charge in [0.25, 0.3) is 0 Å². The molecule has 0 heterocycles. The normalized spacial score (nSPS) is 12.5. The first-order chi connectivity index (χ1) is 32.6. The van der Waals surface area contributed by atoms with Gasteiger partial charge < -0.3 is 14.2 Å². The Hall–Kier alpha value is -1.59. The molecule has 0 spiro atoms. The Labute approximate surface area is 418 Å². The Morgan fingerprint density at radius 2 is 0.522 bits per heavy atom. The topological polar surface area (TPSA) is 78.9 Å². The molecule has 0 aromatic heterocycles. The molecule has 0 fully saturated rings. The van der Waals surface area contributed by atoms with Gasteiger partial charge in [-0.25, -0.2) is 0 Å². The van der Waals surface area contributed by atoms with Crippen LogP contribution in [-0.2, 0) is 28.6 Å². The monoisotopic (exact) mass is 947 g/mol. The van der Waals surface area contributed by atoms with E-state index in [1.165, 1.54) is 218 Å². The molecule has 0 bridgehead atoms. The van der Waals surface area contributed by atoms with E-state index >= 15 is 0 Å². The second-order valence-corrected chi connectivity index (χ2v) is 22.2. The van der Waals surface area contributed by atoms with Crippen molar-refractivity contribution in [3.8, 4) is 0 Å². The zero-order valence-corrected chi connectivity index (χ0v) is 46.2. The number of hydrogen-bond acceptors (Lipinski definition) is 6. The summed E-state index contributed by atoms with van der Waals surface area (Å²) in [5.74, 6) is 1.71. The zero-order valence-electron chi connectivity index (χ0n) is 46.2. The summed E-state index contributed by atoms with van der Waals surface area (Å²) in [5.41, 5.74) is 0. The Morgan fingerprint density at radius 3 is 0.776 bits per heavy atom. The summed E-state index contributed by atoms with van der Waals surface area (Å²) in [6.07, 6.45) is 55.2. The van der Waals surface area contributed by atoms with Crippen molar-refractivity contribution in [1.82, 2.24) is 0 Å². The molecule has 1 unspecified atom stereocenters. The first-order valence-corrected chi connectivity index (χ1v) is 30.1. The summed E-state index contributed by atoms with van der Waals surface area (Å²) in [5, 5.41) is 0. The van der Waals surface area contributed by atoms with Crippen LogP contribution in [0.15, 0.2) is 0 Å². The fourth-order valence-corrected chi connectivity index (χ4v) is 9.32. The fourth-order valence-electron chi connectivity index (χ4n) is 9.32. The molecule has 0 aliphatic carbocycles. The molecule has 0 aromatic carbocycles. The first-order valence-electron chi connectivity index (χ1n) is 30.1. The molecule has 2 atom stereocenters. The highest BCUT2D eigenvalue weighted by Crippen LogP contribution is 2.19. The lowest BCUT2D eigenvalue weighted by atomic mass is 9.99. The molecule has 6 nitrogen and oxygen atoms in total. The van der Waals surface area contributed by atoms with Crippen molar-refractivity contribution < 1.29 is 28.6 Å². The molecule has 0 rings (SSSR count). The van der Waals surface area contributed by atoms with E-state index in [-0.39, 0.29) is 31.1 Å². The molecule has 0 aliphatic rings. The van der Waals surface area contributed by atoms with Crippen LogP contribution in [0, 0.1) is 17.8 Å². The molecule has 0 saturated heterocycles. The van der Waals surface area contributed by atoms with Crippen LogP contribution in [0.1, 0.15) is 337 Å². The summed E-state index contributed by atoms with van der Waals surface area (Å²) < 4.78 is 16.9. The quantitative estimate of drug-likeness (QED) is 0.0343. The number of carbonyl (C=O) groups is 3. The van der Waals surface area contributed by atoms with Gasteiger partial charge in [0, 0.05) is 19.3 Å². The number of hydrogen-bond donors (Lipinski definition) is 0. The van der Waals surface area contributed by atoms with E-state index < -0.39 is 6.10 Å². The number of ether oxygens (including phenoxy) is 3. The highest BCUT2D eigenvalue weighted by atomic mass is 16.6. The molecule has 0 saturated carbocycles. The highest BCUT2D eigenvalue weighted by molar-refractivity contribution is 5.71. The SMILES string of the molecule is CCC(C)CCCCCCCCCCCCC(=O)O[C@H](COC(=O)CCCCCCCCCCCCCCCCCCCCC(C)C)COC(=O)CCCCCCCCCCCCCC(C)C. The van der Waals surface area contributed by atoms with Gasteiger partial charge in [0.15, 0.2) is 6.10 Å². The number of rotatable bonds is 54. The third-order valence-electron chi connectivity index (χ3n) is 14.3. The zero-order chi connectivity index (χ0) is 49.1. The molecule has 0 aromatic rings. The van der Waals surface area contributed by atoms with Crippen LogP contribution in [-0.4, -0.2) is 37.2 Å². The molecule has 67 heavy (non-hydrogen) atoms. The largest absolute Gasteiger partial charge is 0.462 e. The fraction of sp³-hybridized carbons (Fsp3) is 0.951. The predicted octanol–water partition coefficient (Wildman–Crippen LogP) is 19.9. The van der Waals surface area contributed by atoms with Crippen LogP contribution in [0.4, 0.5) is 0 Å². The van der Waals surface area contributed by atoms with E-state index in [0.29, 0.717) is 19.3 Å². The van der Waals surface area contributed by atoms with Gasteiger partial charge in [-0.2, -0.15) is 0 Å². The van der Waals surface area contributed by atoms with E-state index in [1.807, 2.05) is 0 Å². The van der Waals surface area contributed by atoms with Crippen molar-refractivity contribution in [2.45, 2.75) is 343 Å². The maximum atomic E-state index is 12.9. The lowest BCUT2D eigenvalue weighted by Gasteiger charge is -2.18. The van der Waals surface area contributed by atoms with Gasteiger partial charge in [0.1, 0.15) is 13.2 Å². The Balaban J connectivity index is 4.26. The molecule has 6 heteroatoms.